The molecule has 0 unspecified atom stereocenters. The van der Waals surface area contributed by atoms with Gasteiger partial charge in [-0.3, -0.25) is 9.69 Å². The number of carbonyl (C=O) groups excluding carboxylic acids is 1. The normalized spacial score (nSPS) is 16.3. The molecule has 4 nitrogen and oxygen atoms in total. The number of carbonyl (C=O) groups is 1. The van der Waals surface area contributed by atoms with E-state index in [1.54, 1.807) is 18.2 Å². The summed E-state index contributed by atoms with van der Waals surface area (Å²) in [7, 11) is 0. The molecule has 2 aromatic carbocycles. The van der Waals surface area contributed by atoms with Crippen LogP contribution in [0.4, 0.5) is 0 Å². The number of rotatable bonds is 2. The average molecular weight is 304 g/mol. The van der Waals surface area contributed by atoms with E-state index in [-0.39, 0.29) is 5.91 Å². The van der Waals surface area contributed by atoms with Gasteiger partial charge in [-0.05, 0) is 31.5 Å². The van der Waals surface area contributed by atoms with Gasteiger partial charge >= 0.3 is 0 Å². The van der Waals surface area contributed by atoms with Crippen molar-refractivity contribution >= 4 is 11.6 Å². The summed E-state index contributed by atoms with van der Waals surface area (Å²) in [5.41, 5.74) is 0.909. The van der Waals surface area contributed by atoms with E-state index in [1.165, 1.54) is 11.0 Å². The van der Waals surface area contributed by atoms with E-state index < -0.39 is 5.72 Å². The van der Waals surface area contributed by atoms with Crippen molar-refractivity contribution < 1.29 is 9.53 Å². The van der Waals surface area contributed by atoms with Crippen LogP contribution in [-0.4, -0.2) is 16.5 Å². The number of hydrogen-bond donors (Lipinski definition) is 0. The van der Waals surface area contributed by atoms with Crippen LogP contribution in [0, 0.1) is 11.3 Å². The number of hydrogen-bond acceptors (Lipinski definition) is 3. The van der Waals surface area contributed by atoms with Gasteiger partial charge in [-0.2, -0.15) is 5.26 Å². The largest absolute Gasteiger partial charge is 0.467 e. The highest BCUT2D eigenvalue weighted by Crippen LogP contribution is 2.38. The Balaban J connectivity index is 2.15. The topological polar surface area (TPSA) is 53.3 Å². The molecule has 0 fully saturated rings. The molecule has 1 amide bonds. The molecule has 0 bridgehead atoms. The van der Waals surface area contributed by atoms with Crippen molar-refractivity contribution in [3.8, 4) is 11.8 Å². The van der Waals surface area contributed by atoms with Gasteiger partial charge in [-0.25, -0.2) is 0 Å². The lowest BCUT2D eigenvalue weighted by Crippen LogP contribution is -2.53. The molecule has 3 rings (SSSR count). The molecular formula is C19H16N2O2. The van der Waals surface area contributed by atoms with Crippen LogP contribution in [0.15, 0.2) is 60.7 Å². The van der Waals surface area contributed by atoms with Crippen molar-refractivity contribution in [3.05, 3.63) is 71.8 Å². The number of ether oxygens (including phenoxy) is 1. The van der Waals surface area contributed by atoms with Crippen LogP contribution < -0.4 is 4.74 Å². The Morgan fingerprint density at radius 2 is 1.78 bits per heavy atom. The van der Waals surface area contributed by atoms with E-state index in [4.69, 9.17) is 4.74 Å². The summed E-state index contributed by atoms with van der Waals surface area (Å²) < 4.78 is 6.01. The lowest BCUT2D eigenvalue weighted by atomic mass is 10.0. The smallest absolute Gasteiger partial charge is 0.265 e. The average Bonchev–Trinajstić information content (AvgIpc) is 2.54. The third-order valence-electron chi connectivity index (χ3n) is 3.73. The van der Waals surface area contributed by atoms with Crippen LogP contribution in [-0.2, 0) is 0 Å². The Bertz CT molecular complexity index is 817. The molecule has 0 atom stereocenters. The van der Waals surface area contributed by atoms with Gasteiger partial charge in [-0.15, -0.1) is 0 Å². The number of fused-ring (bicyclic) bond motifs is 1. The molecule has 1 aliphatic heterocycles. The van der Waals surface area contributed by atoms with E-state index in [0.29, 0.717) is 17.0 Å². The van der Waals surface area contributed by atoms with Crippen molar-refractivity contribution in [3.63, 3.8) is 0 Å². The Morgan fingerprint density at radius 1 is 1.13 bits per heavy atom. The fraction of sp³-hybridized carbons (Fsp3) is 0.158. The summed E-state index contributed by atoms with van der Waals surface area (Å²) in [5, 5.41) is 9.18. The molecule has 0 aliphatic carbocycles. The third kappa shape index (κ3) is 2.58. The number of nitrogens with zero attached hydrogens (tertiary/aromatic N) is 2. The number of amides is 1. The van der Waals surface area contributed by atoms with Crippen LogP contribution in [0.5, 0.6) is 5.75 Å². The molecule has 0 spiro atoms. The van der Waals surface area contributed by atoms with Crippen molar-refractivity contribution in [2.75, 3.05) is 0 Å². The van der Waals surface area contributed by atoms with E-state index in [1.807, 2.05) is 56.3 Å². The molecule has 1 heterocycles. The number of nitriles is 1. The van der Waals surface area contributed by atoms with Gasteiger partial charge in [0.2, 0.25) is 0 Å². The fourth-order valence-corrected chi connectivity index (χ4v) is 2.76. The SMILES string of the molecule is CC1(C)Oc2ccccc2C(=O)N1/C(=C/C#N)c1ccccc1. The Morgan fingerprint density at radius 3 is 2.48 bits per heavy atom. The highest BCUT2D eigenvalue weighted by molar-refractivity contribution is 6.03. The first-order chi connectivity index (χ1) is 11.0. The van der Waals surface area contributed by atoms with E-state index in [2.05, 4.69) is 0 Å². The van der Waals surface area contributed by atoms with Crippen LogP contribution >= 0.6 is 0 Å². The maximum absolute atomic E-state index is 13.0. The standard InChI is InChI=1S/C19H16N2O2/c1-19(2)21(16(12-13-20)14-8-4-3-5-9-14)18(22)15-10-6-7-11-17(15)23-19/h3-12H,1-2H3/b16-12+. The molecule has 1 aliphatic rings. The second-order valence-corrected chi connectivity index (χ2v) is 5.71. The van der Waals surface area contributed by atoms with Gasteiger partial charge in [0.05, 0.1) is 17.3 Å². The first-order valence-corrected chi connectivity index (χ1v) is 7.32. The fourth-order valence-electron chi connectivity index (χ4n) is 2.76. The summed E-state index contributed by atoms with van der Waals surface area (Å²) in [4.78, 5) is 14.6. The minimum Gasteiger partial charge on any atom is -0.467 e. The molecule has 0 radical (unpaired) electrons. The first kappa shape index (κ1) is 14.9. The van der Waals surface area contributed by atoms with Crippen molar-refractivity contribution in [2.45, 2.75) is 19.6 Å². The van der Waals surface area contributed by atoms with E-state index >= 15 is 0 Å². The second-order valence-electron chi connectivity index (χ2n) is 5.71. The van der Waals surface area contributed by atoms with Crippen LogP contribution in [0.3, 0.4) is 0 Å². The zero-order valence-corrected chi connectivity index (χ0v) is 13.0. The highest BCUT2D eigenvalue weighted by Gasteiger charge is 2.42. The number of allylic oxidation sites excluding steroid dienone is 1. The molecule has 4 heteroatoms. The summed E-state index contributed by atoms with van der Waals surface area (Å²) in [6.07, 6.45) is 1.38. The zero-order valence-electron chi connectivity index (χ0n) is 13.0. The molecule has 2 aromatic rings. The summed E-state index contributed by atoms with van der Waals surface area (Å²) in [6, 6.07) is 18.5. The lowest BCUT2D eigenvalue weighted by molar-refractivity contribution is -0.0201. The number of benzene rings is 2. The Labute approximate surface area is 135 Å². The minimum absolute atomic E-state index is 0.179. The Hall–Kier alpha value is -3.06. The van der Waals surface area contributed by atoms with E-state index in [9.17, 15) is 10.1 Å². The molecule has 0 N–H and O–H groups in total. The predicted molar refractivity (Wildman–Crippen MR) is 87.4 cm³/mol. The summed E-state index contributed by atoms with van der Waals surface area (Å²) in [5.74, 6) is 0.380. The predicted octanol–water partition coefficient (Wildman–Crippen LogP) is 3.82. The van der Waals surface area contributed by atoms with Crippen LogP contribution in [0.25, 0.3) is 5.70 Å². The Kier molecular flexibility index (Phi) is 3.63. The van der Waals surface area contributed by atoms with Gasteiger partial charge in [0.1, 0.15) is 5.75 Å². The third-order valence-corrected chi connectivity index (χ3v) is 3.73. The molecule has 0 saturated carbocycles. The van der Waals surface area contributed by atoms with Gasteiger partial charge < -0.3 is 4.74 Å². The van der Waals surface area contributed by atoms with Gasteiger partial charge in [0.25, 0.3) is 5.91 Å². The van der Waals surface area contributed by atoms with Crippen LogP contribution in [0.1, 0.15) is 29.8 Å². The van der Waals surface area contributed by atoms with Crippen molar-refractivity contribution in [1.82, 2.24) is 4.90 Å². The minimum atomic E-state index is -0.899. The molecule has 23 heavy (non-hydrogen) atoms. The van der Waals surface area contributed by atoms with Crippen LogP contribution in [0.2, 0.25) is 0 Å². The maximum atomic E-state index is 13.0. The molecule has 114 valence electrons. The van der Waals surface area contributed by atoms with Crippen molar-refractivity contribution in [1.29, 1.82) is 5.26 Å². The van der Waals surface area contributed by atoms with Gasteiger partial charge in [0.15, 0.2) is 5.72 Å². The maximum Gasteiger partial charge on any atom is 0.265 e. The lowest BCUT2D eigenvalue weighted by Gasteiger charge is -2.43. The van der Waals surface area contributed by atoms with Crippen molar-refractivity contribution in [2.24, 2.45) is 0 Å². The first-order valence-electron chi connectivity index (χ1n) is 7.32. The summed E-state index contributed by atoms with van der Waals surface area (Å²) >= 11 is 0. The molecule has 0 saturated heterocycles. The molecular weight excluding hydrogens is 288 g/mol. The summed E-state index contributed by atoms with van der Waals surface area (Å²) in [6.45, 7) is 3.63. The van der Waals surface area contributed by atoms with Gasteiger partial charge in [0, 0.05) is 6.08 Å². The number of para-hydroxylation sites is 1. The second kappa shape index (κ2) is 5.62. The van der Waals surface area contributed by atoms with E-state index in [0.717, 1.165) is 5.56 Å². The van der Waals surface area contributed by atoms with Gasteiger partial charge in [-0.1, -0.05) is 42.5 Å². The quantitative estimate of drug-likeness (QED) is 0.792. The molecule has 0 aromatic heterocycles. The monoisotopic (exact) mass is 304 g/mol. The zero-order chi connectivity index (χ0) is 16.4. The highest BCUT2D eigenvalue weighted by atomic mass is 16.5.